The second-order valence-electron chi connectivity index (χ2n) is 6.26. The van der Waals surface area contributed by atoms with E-state index in [1.54, 1.807) is 0 Å². The van der Waals surface area contributed by atoms with Gasteiger partial charge in [0.2, 0.25) is 0 Å². The average molecular weight is 254 g/mol. The third-order valence-corrected chi connectivity index (χ3v) is 4.27. The molecule has 1 heterocycles. The van der Waals surface area contributed by atoms with Gasteiger partial charge in [-0.05, 0) is 44.7 Å². The first kappa shape index (κ1) is 16.0. The van der Waals surface area contributed by atoms with Gasteiger partial charge < -0.3 is 5.32 Å². The fourth-order valence-corrected chi connectivity index (χ4v) is 3.15. The molecule has 0 saturated carbocycles. The topological polar surface area (TPSA) is 15.3 Å². The third kappa shape index (κ3) is 5.27. The number of hydrogen-bond donors (Lipinski definition) is 1. The van der Waals surface area contributed by atoms with Crippen LogP contribution < -0.4 is 5.32 Å². The maximum atomic E-state index is 3.66. The summed E-state index contributed by atoms with van der Waals surface area (Å²) < 4.78 is 0. The van der Waals surface area contributed by atoms with Gasteiger partial charge in [-0.25, -0.2) is 0 Å². The monoisotopic (exact) mass is 254 g/mol. The largest absolute Gasteiger partial charge is 0.315 e. The minimum absolute atomic E-state index is 0.742. The normalized spacial score (nSPS) is 24.2. The molecule has 0 aromatic heterocycles. The Morgan fingerprint density at radius 2 is 1.89 bits per heavy atom. The van der Waals surface area contributed by atoms with E-state index < -0.39 is 0 Å². The zero-order chi connectivity index (χ0) is 13.4. The molecule has 0 aliphatic carbocycles. The van der Waals surface area contributed by atoms with Crippen molar-refractivity contribution in [3.63, 3.8) is 0 Å². The molecule has 0 amide bonds. The van der Waals surface area contributed by atoms with Crippen LogP contribution >= 0.6 is 0 Å². The second kappa shape index (κ2) is 8.92. The number of rotatable bonds is 7. The van der Waals surface area contributed by atoms with Gasteiger partial charge in [0, 0.05) is 18.6 Å². The van der Waals surface area contributed by atoms with Crippen molar-refractivity contribution < 1.29 is 0 Å². The van der Waals surface area contributed by atoms with E-state index in [4.69, 9.17) is 0 Å². The number of likely N-dealkylation sites (tertiary alicyclic amines) is 1. The highest BCUT2D eigenvalue weighted by atomic mass is 15.2. The van der Waals surface area contributed by atoms with Crippen molar-refractivity contribution >= 4 is 0 Å². The van der Waals surface area contributed by atoms with E-state index in [0.717, 1.165) is 24.5 Å². The Morgan fingerprint density at radius 1 is 1.11 bits per heavy atom. The predicted octanol–water partition coefficient (Wildman–Crippen LogP) is 3.67. The van der Waals surface area contributed by atoms with Crippen molar-refractivity contribution in [3.8, 4) is 0 Å². The number of nitrogens with zero attached hydrogens (tertiary/aromatic N) is 1. The van der Waals surface area contributed by atoms with E-state index in [1.807, 2.05) is 0 Å². The van der Waals surface area contributed by atoms with Gasteiger partial charge in [-0.2, -0.15) is 0 Å². The molecule has 1 fully saturated rings. The van der Waals surface area contributed by atoms with E-state index in [2.05, 4.69) is 37.9 Å². The summed E-state index contributed by atoms with van der Waals surface area (Å²) in [6.07, 6.45) is 8.28. The zero-order valence-electron chi connectivity index (χ0n) is 13.0. The SMILES string of the molecule is CCC1CCCCCN1C(CC)CNCC(C)C. The summed E-state index contributed by atoms with van der Waals surface area (Å²) in [5, 5.41) is 3.66. The van der Waals surface area contributed by atoms with Crippen LogP contribution in [0, 0.1) is 5.92 Å². The molecule has 18 heavy (non-hydrogen) atoms. The Balaban J connectivity index is 2.48. The van der Waals surface area contributed by atoms with Gasteiger partial charge >= 0.3 is 0 Å². The maximum Gasteiger partial charge on any atom is 0.0220 e. The van der Waals surface area contributed by atoms with Crippen LogP contribution in [0.5, 0.6) is 0 Å². The Morgan fingerprint density at radius 3 is 2.50 bits per heavy atom. The fraction of sp³-hybridized carbons (Fsp3) is 1.00. The lowest BCUT2D eigenvalue weighted by Crippen LogP contribution is -2.47. The van der Waals surface area contributed by atoms with Gasteiger partial charge in [0.1, 0.15) is 0 Å². The summed E-state index contributed by atoms with van der Waals surface area (Å²) in [4.78, 5) is 2.81. The molecule has 0 spiro atoms. The first-order chi connectivity index (χ1) is 8.69. The quantitative estimate of drug-likeness (QED) is 0.746. The standard InChI is InChI=1S/C16H34N2/c1-5-15-10-8-7-9-11-18(15)16(6-2)13-17-12-14(3)4/h14-17H,5-13H2,1-4H3. The van der Waals surface area contributed by atoms with Gasteiger partial charge in [-0.15, -0.1) is 0 Å². The molecule has 2 heteroatoms. The van der Waals surface area contributed by atoms with Crippen LogP contribution in [0.1, 0.15) is 66.2 Å². The molecule has 0 bridgehead atoms. The van der Waals surface area contributed by atoms with Crippen LogP contribution in [0.3, 0.4) is 0 Å². The highest BCUT2D eigenvalue weighted by Crippen LogP contribution is 2.22. The van der Waals surface area contributed by atoms with Crippen molar-refractivity contribution in [2.75, 3.05) is 19.6 Å². The van der Waals surface area contributed by atoms with Crippen LogP contribution in [-0.2, 0) is 0 Å². The Kier molecular flexibility index (Phi) is 7.92. The van der Waals surface area contributed by atoms with Crippen LogP contribution in [-0.4, -0.2) is 36.6 Å². The summed E-state index contributed by atoms with van der Waals surface area (Å²) in [7, 11) is 0. The van der Waals surface area contributed by atoms with Crippen molar-refractivity contribution in [3.05, 3.63) is 0 Å². The van der Waals surface area contributed by atoms with Gasteiger partial charge in [0.05, 0.1) is 0 Å². The van der Waals surface area contributed by atoms with Crippen molar-refractivity contribution in [2.24, 2.45) is 5.92 Å². The lowest BCUT2D eigenvalue weighted by molar-refractivity contribution is 0.126. The van der Waals surface area contributed by atoms with Gasteiger partial charge in [-0.1, -0.05) is 40.5 Å². The molecule has 1 rings (SSSR count). The van der Waals surface area contributed by atoms with Gasteiger partial charge in [0.25, 0.3) is 0 Å². The Labute approximate surface area is 115 Å². The van der Waals surface area contributed by atoms with Crippen LogP contribution in [0.2, 0.25) is 0 Å². The van der Waals surface area contributed by atoms with Crippen LogP contribution in [0.4, 0.5) is 0 Å². The highest BCUT2D eigenvalue weighted by molar-refractivity contribution is 4.81. The molecule has 2 nitrogen and oxygen atoms in total. The Bertz CT molecular complexity index is 203. The molecule has 1 N–H and O–H groups in total. The van der Waals surface area contributed by atoms with Crippen molar-refractivity contribution in [1.29, 1.82) is 0 Å². The summed E-state index contributed by atoms with van der Waals surface area (Å²) in [5.74, 6) is 0.758. The molecular weight excluding hydrogens is 220 g/mol. The first-order valence-corrected chi connectivity index (χ1v) is 8.15. The summed E-state index contributed by atoms with van der Waals surface area (Å²) in [6.45, 7) is 12.9. The number of hydrogen-bond acceptors (Lipinski definition) is 2. The molecule has 0 aromatic rings. The Hall–Kier alpha value is -0.0800. The zero-order valence-corrected chi connectivity index (χ0v) is 13.0. The molecule has 1 aliphatic rings. The van der Waals surface area contributed by atoms with E-state index in [9.17, 15) is 0 Å². The van der Waals surface area contributed by atoms with Crippen LogP contribution in [0.15, 0.2) is 0 Å². The highest BCUT2D eigenvalue weighted by Gasteiger charge is 2.25. The molecule has 1 aliphatic heterocycles. The molecular formula is C16H34N2. The van der Waals surface area contributed by atoms with Gasteiger partial charge in [-0.3, -0.25) is 4.90 Å². The second-order valence-corrected chi connectivity index (χ2v) is 6.26. The molecule has 108 valence electrons. The van der Waals surface area contributed by atoms with E-state index in [1.165, 1.54) is 51.6 Å². The average Bonchev–Trinajstić information content (AvgIpc) is 2.59. The molecule has 2 atom stereocenters. The molecule has 0 radical (unpaired) electrons. The van der Waals surface area contributed by atoms with E-state index >= 15 is 0 Å². The number of nitrogens with one attached hydrogen (secondary N) is 1. The minimum atomic E-state index is 0.742. The minimum Gasteiger partial charge on any atom is -0.315 e. The fourth-order valence-electron chi connectivity index (χ4n) is 3.15. The smallest absolute Gasteiger partial charge is 0.0220 e. The lowest BCUT2D eigenvalue weighted by atomic mass is 10.0. The first-order valence-electron chi connectivity index (χ1n) is 8.15. The lowest BCUT2D eigenvalue weighted by Gasteiger charge is -2.36. The van der Waals surface area contributed by atoms with E-state index in [0.29, 0.717) is 0 Å². The summed E-state index contributed by atoms with van der Waals surface area (Å²) in [5.41, 5.74) is 0. The van der Waals surface area contributed by atoms with E-state index in [-0.39, 0.29) is 0 Å². The van der Waals surface area contributed by atoms with Crippen molar-refractivity contribution in [2.45, 2.75) is 78.3 Å². The van der Waals surface area contributed by atoms with Gasteiger partial charge in [0.15, 0.2) is 0 Å². The third-order valence-electron chi connectivity index (χ3n) is 4.27. The predicted molar refractivity (Wildman–Crippen MR) is 81.0 cm³/mol. The molecule has 2 unspecified atom stereocenters. The van der Waals surface area contributed by atoms with Crippen LogP contribution in [0.25, 0.3) is 0 Å². The van der Waals surface area contributed by atoms with Crippen molar-refractivity contribution in [1.82, 2.24) is 10.2 Å². The maximum absolute atomic E-state index is 3.66. The molecule has 1 saturated heterocycles. The molecule has 0 aromatic carbocycles. The summed E-state index contributed by atoms with van der Waals surface area (Å²) in [6, 6.07) is 1.57. The summed E-state index contributed by atoms with van der Waals surface area (Å²) >= 11 is 0.